The lowest BCUT2D eigenvalue weighted by atomic mass is 10.1. The Morgan fingerprint density at radius 2 is 1.61 bits per heavy atom. The summed E-state index contributed by atoms with van der Waals surface area (Å²) >= 11 is 0. The van der Waals surface area contributed by atoms with Crippen LogP contribution in [-0.2, 0) is 20.9 Å². The summed E-state index contributed by atoms with van der Waals surface area (Å²) in [6.45, 7) is -0.0173. The molecule has 1 atom stereocenters. The molecule has 28 heavy (non-hydrogen) atoms. The normalized spacial score (nSPS) is 11.3. The van der Waals surface area contributed by atoms with Crippen LogP contribution in [0.1, 0.15) is 32.7 Å². The number of carboxylic acid groups (broad SMARTS) is 2. The van der Waals surface area contributed by atoms with E-state index < -0.39 is 42.0 Å². The second-order valence-corrected chi connectivity index (χ2v) is 5.79. The molecule has 0 bridgehead atoms. The highest BCUT2D eigenvalue weighted by molar-refractivity contribution is 6.00. The molecular formula is C19H17NO8. The first-order chi connectivity index (χ1) is 13.3. The summed E-state index contributed by atoms with van der Waals surface area (Å²) in [5.41, 5.74) is 0.404. The fourth-order valence-corrected chi connectivity index (χ4v) is 2.28. The number of esters is 1. The predicted molar refractivity (Wildman–Crippen MR) is 94.8 cm³/mol. The highest BCUT2D eigenvalue weighted by Crippen LogP contribution is 2.18. The largest absolute Gasteiger partial charge is 0.508 e. The monoisotopic (exact) mass is 387 g/mol. The van der Waals surface area contributed by atoms with Gasteiger partial charge < -0.3 is 25.4 Å². The number of carbonyl (C=O) groups is 4. The molecule has 1 unspecified atom stereocenters. The van der Waals surface area contributed by atoms with Crippen LogP contribution in [0.15, 0.2) is 48.5 Å². The minimum Gasteiger partial charge on any atom is -0.508 e. The summed E-state index contributed by atoms with van der Waals surface area (Å²) in [5.74, 6) is -5.10. The number of aliphatic carboxylic acids is 2. The first kappa shape index (κ1) is 20.4. The molecule has 2 aromatic rings. The number of benzene rings is 2. The van der Waals surface area contributed by atoms with Gasteiger partial charge in [0, 0.05) is 5.56 Å². The molecule has 1 amide bonds. The maximum atomic E-state index is 12.2. The predicted octanol–water partition coefficient (Wildman–Crippen LogP) is 1.41. The Kier molecular flexibility index (Phi) is 6.69. The summed E-state index contributed by atoms with van der Waals surface area (Å²) in [4.78, 5) is 46.2. The Morgan fingerprint density at radius 3 is 2.21 bits per heavy atom. The van der Waals surface area contributed by atoms with E-state index in [9.17, 15) is 24.3 Å². The molecule has 0 saturated carbocycles. The molecule has 0 fully saturated rings. The van der Waals surface area contributed by atoms with Gasteiger partial charge in [0.1, 0.15) is 18.4 Å². The van der Waals surface area contributed by atoms with Gasteiger partial charge in [-0.15, -0.1) is 0 Å². The van der Waals surface area contributed by atoms with Crippen molar-refractivity contribution in [3.05, 3.63) is 65.2 Å². The summed E-state index contributed by atoms with van der Waals surface area (Å²) in [5, 5.41) is 29.5. The summed E-state index contributed by atoms with van der Waals surface area (Å²) < 4.78 is 5.12. The van der Waals surface area contributed by atoms with Gasteiger partial charge in [-0.1, -0.05) is 30.3 Å². The fraction of sp³-hybridized carbons (Fsp3) is 0.158. The van der Waals surface area contributed by atoms with Gasteiger partial charge in [0.15, 0.2) is 0 Å². The van der Waals surface area contributed by atoms with Crippen molar-refractivity contribution in [3.8, 4) is 5.75 Å². The van der Waals surface area contributed by atoms with Crippen molar-refractivity contribution in [1.29, 1.82) is 0 Å². The molecular weight excluding hydrogens is 370 g/mol. The molecule has 0 aromatic heterocycles. The van der Waals surface area contributed by atoms with Gasteiger partial charge in [-0.2, -0.15) is 0 Å². The zero-order chi connectivity index (χ0) is 20.7. The maximum absolute atomic E-state index is 12.2. The number of carbonyl (C=O) groups excluding carboxylic acids is 2. The number of ether oxygens (including phenoxy) is 1. The molecule has 0 radical (unpaired) electrons. The maximum Gasteiger partial charge on any atom is 0.338 e. The molecule has 2 rings (SSSR count). The fourth-order valence-electron chi connectivity index (χ4n) is 2.28. The number of hydrogen-bond acceptors (Lipinski definition) is 6. The second-order valence-electron chi connectivity index (χ2n) is 5.79. The molecule has 0 aliphatic carbocycles. The molecule has 146 valence electrons. The van der Waals surface area contributed by atoms with Crippen LogP contribution in [-0.4, -0.2) is 45.2 Å². The van der Waals surface area contributed by atoms with Gasteiger partial charge in [0.2, 0.25) is 0 Å². The molecule has 0 saturated heterocycles. The minimum atomic E-state index is -1.67. The van der Waals surface area contributed by atoms with Gasteiger partial charge >= 0.3 is 17.9 Å². The van der Waals surface area contributed by atoms with Gasteiger partial charge in [-0.05, 0) is 23.8 Å². The average molecular weight is 387 g/mol. The zero-order valence-electron chi connectivity index (χ0n) is 14.5. The summed E-state index contributed by atoms with van der Waals surface area (Å²) in [7, 11) is 0. The van der Waals surface area contributed by atoms with Gasteiger partial charge in [-0.25, -0.2) is 9.59 Å². The van der Waals surface area contributed by atoms with E-state index in [1.807, 2.05) is 5.32 Å². The summed E-state index contributed by atoms with van der Waals surface area (Å²) in [6.07, 6.45) is -0.828. The van der Waals surface area contributed by atoms with E-state index in [4.69, 9.17) is 14.9 Å². The molecule has 4 N–H and O–H groups in total. The van der Waals surface area contributed by atoms with Crippen LogP contribution >= 0.6 is 0 Å². The lowest BCUT2D eigenvalue weighted by molar-refractivity contribution is -0.145. The van der Waals surface area contributed by atoms with Crippen molar-refractivity contribution >= 4 is 23.8 Å². The molecule has 2 aromatic carbocycles. The van der Waals surface area contributed by atoms with Crippen molar-refractivity contribution in [2.45, 2.75) is 19.1 Å². The van der Waals surface area contributed by atoms with Crippen LogP contribution in [0.3, 0.4) is 0 Å². The van der Waals surface area contributed by atoms with Crippen LogP contribution in [0, 0.1) is 0 Å². The van der Waals surface area contributed by atoms with Crippen molar-refractivity contribution in [2.24, 2.45) is 0 Å². The van der Waals surface area contributed by atoms with Crippen LogP contribution in [0.4, 0.5) is 0 Å². The Balaban J connectivity index is 2.12. The van der Waals surface area contributed by atoms with E-state index in [2.05, 4.69) is 0 Å². The number of carboxylic acids is 2. The third kappa shape index (κ3) is 5.84. The number of aromatic hydroxyl groups is 1. The van der Waals surface area contributed by atoms with E-state index in [-0.39, 0.29) is 17.7 Å². The number of phenols is 1. The molecule has 9 nitrogen and oxygen atoms in total. The third-order valence-corrected chi connectivity index (χ3v) is 3.61. The molecule has 0 aliphatic heterocycles. The first-order valence-electron chi connectivity index (χ1n) is 8.07. The Hall–Kier alpha value is -3.88. The van der Waals surface area contributed by atoms with Gasteiger partial charge in [-0.3, -0.25) is 9.59 Å². The molecule has 0 heterocycles. The smallest absolute Gasteiger partial charge is 0.338 e. The number of phenolic OH excluding ortho intramolecular Hbond substituents is 1. The van der Waals surface area contributed by atoms with Crippen molar-refractivity contribution < 1.29 is 39.2 Å². The van der Waals surface area contributed by atoms with E-state index in [1.165, 1.54) is 0 Å². The zero-order valence-corrected chi connectivity index (χ0v) is 14.5. The third-order valence-electron chi connectivity index (χ3n) is 3.61. The Bertz CT molecular complexity index is 894. The number of nitrogens with one attached hydrogen (secondary N) is 1. The minimum absolute atomic E-state index is 0.0173. The summed E-state index contributed by atoms with van der Waals surface area (Å²) in [6, 6.07) is 10.4. The van der Waals surface area contributed by atoms with Crippen LogP contribution < -0.4 is 5.32 Å². The Labute approximate surface area is 159 Å². The average Bonchev–Trinajstić information content (AvgIpc) is 2.65. The number of amides is 1. The van der Waals surface area contributed by atoms with E-state index >= 15 is 0 Å². The molecule has 0 aliphatic rings. The van der Waals surface area contributed by atoms with Crippen LogP contribution in [0.5, 0.6) is 5.75 Å². The second kappa shape index (κ2) is 9.17. The number of rotatable bonds is 8. The lowest BCUT2D eigenvalue weighted by Gasteiger charge is -2.13. The first-order valence-corrected chi connectivity index (χ1v) is 8.07. The van der Waals surface area contributed by atoms with E-state index in [1.54, 1.807) is 30.3 Å². The van der Waals surface area contributed by atoms with E-state index in [0.717, 1.165) is 23.8 Å². The Morgan fingerprint density at radius 1 is 0.964 bits per heavy atom. The van der Waals surface area contributed by atoms with Crippen molar-refractivity contribution in [1.82, 2.24) is 5.32 Å². The highest BCUT2D eigenvalue weighted by Gasteiger charge is 2.24. The molecule has 0 spiro atoms. The van der Waals surface area contributed by atoms with Crippen LogP contribution in [0.25, 0.3) is 0 Å². The topological polar surface area (TPSA) is 150 Å². The molecule has 9 heteroatoms. The van der Waals surface area contributed by atoms with Gasteiger partial charge in [0.25, 0.3) is 5.91 Å². The van der Waals surface area contributed by atoms with Crippen LogP contribution in [0.2, 0.25) is 0 Å². The highest BCUT2D eigenvalue weighted by atomic mass is 16.5. The SMILES string of the molecule is O=C(O)CC(NC(=O)c1cc(O)cc(C(=O)OCc2ccccc2)c1)C(=O)O. The van der Waals surface area contributed by atoms with Crippen molar-refractivity contribution in [2.75, 3.05) is 0 Å². The quantitative estimate of drug-likeness (QED) is 0.497. The van der Waals surface area contributed by atoms with Gasteiger partial charge in [0.05, 0.1) is 12.0 Å². The standard InChI is InChI=1S/C19H17NO8/c21-14-7-12(17(24)20-15(18(25)26)9-16(22)23)6-13(8-14)19(27)28-10-11-4-2-1-3-5-11/h1-8,15,21H,9-10H2,(H,20,24)(H,22,23)(H,25,26). The lowest BCUT2D eigenvalue weighted by Crippen LogP contribution is -2.42. The number of hydrogen-bond donors (Lipinski definition) is 4. The van der Waals surface area contributed by atoms with E-state index in [0.29, 0.717) is 0 Å². The van der Waals surface area contributed by atoms with Crippen molar-refractivity contribution in [3.63, 3.8) is 0 Å².